The number of amidine groups is 1. The van der Waals surface area contributed by atoms with Crippen molar-refractivity contribution < 1.29 is 21.9 Å². The van der Waals surface area contributed by atoms with Crippen LogP contribution in [0, 0.1) is 5.41 Å². The normalized spacial score (nSPS) is 15.8. The number of aromatic nitrogens is 1. The smallest absolute Gasteiger partial charge is 0.387 e. The van der Waals surface area contributed by atoms with Gasteiger partial charge in [0.15, 0.2) is 0 Å². The van der Waals surface area contributed by atoms with Crippen LogP contribution in [0.2, 0.25) is 0 Å². The number of fused-ring (bicyclic) bond motifs is 1. The molecule has 0 atom stereocenters. The summed E-state index contributed by atoms with van der Waals surface area (Å²) in [4.78, 5) is 3.67. The monoisotopic (exact) mass is 339 g/mol. The molecule has 3 rings (SSSR count). The molecule has 0 saturated carbocycles. The maximum atomic E-state index is 12.6. The average Bonchev–Trinajstić information content (AvgIpc) is 2.70. The van der Waals surface area contributed by atoms with Crippen molar-refractivity contribution in [2.45, 2.75) is 18.1 Å². The van der Waals surface area contributed by atoms with E-state index >= 15 is 0 Å². The Balaban J connectivity index is 2.05. The van der Waals surface area contributed by atoms with Gasteiger partial charge in [-0.1, -0.05) is 12.1 Å². The summed E-state index contributed by atoms with van der Waals surface area (Å²) in [5.74, 6) is -0.736. The molecule has 0 fully saturated rings. The molecule has 1 aliphatic heterocycles. The standard InChI is InChI=1S/C14H11F2N3O3S/c15-14(16)22-10-4-1-5-11-12(10)13(17)19(23(11,20)21)8-9-3-2-6-18-7-9/h1-7,14,17H,8H2. The summed E-state index contributed by atoms with van der Waals surface area (Å²) in [6.07, 6.45) is 3.01. The third-order valence-electron chi connectivity index (χ3n) is 3.31. The Morgan fingerprint density at radius 2 is 2.04 bits per heavy atom. The van der Waals surface area contributed by atoms with Gasteiger partial charge in [-0.15, -0.1) is 0 Å². The van der Waals surface area contributed by atoms with Crippen molar-refractivity contribution in [2.24, 2.45) is 0 Å². The van der Waals surface area contributed by atoms with Gasteiger partial charge in [0.1, 0.15) is 16.5 Å². The molecule has 0 bridgehead atoms. The molecule has 6 nitrogen and oxygen atoms in total. The molecule has 0 radical (unpaired) electrons. The number of benzene rings is 1. The third-order valence-corrected chi connectivity index (χ3v) is 5.10. The molecule has 1 aliphatic rings. The largest absolute Gasteiger partial charge is 0.434 e. The van der Waals surface area contributed by atoms with E-state index in [9.17, 15) is 17.2 Å². The fourth-order valence-electron chi connectivity index (χ4n) is 2.34. The first kappa shape index (κ1) is 15.3. The van der Waals surface area contributed by atoms with Crippen molar-refractivity contribution in [1.29, 1.82) is 5.41 Å². The van der Waals surface area contributed by atoms with E-state index in [0.717, 1.165) is 4.31 Å². The lowest BCUT2D eigenvalue weighted by Gasteiger charge is -2.16. The molecule has 0 amide bonds. The number of pyridine rings is 1. The van der Waals surface area contributed by atoms with Gasteiger partial charge < -0.3 is 4.74 Å². The van der Waals surface area contributed by atoms with Crippen molar-refractivity contribution in [2.75, 3.05) is 0 Å². The number of sulfonamides is 1. The maximum Gasteiger partial charge on any atom is 0.387 e. The Hall–Kier alpha value is -2.55. The van der Waals surface area contributed by atoms with Gasteiger partial charge in [0, 0.05) is 12.4 Å². The van der Waals surface area contributed by atoms with Crippen LogP contribution in [-0.4, -0.2) is 30.2 Å². The highest BCUT2D eigenvalue weighted by Gasteiger charge is 2.41. The molecule has 2 heterocycles. The molecule has 0 saturated heterocycles. The van der Waals surface area contributed by atoms with Crippen LogP contribution in [0.15, 0.2) is 47.6 Å². The SMILES string of the molecule is N=C1c2c(OC(F)F)cccc2S(=O)(=O)N1Cc1cccnc1. The van der Waals surface area contributed by atoms with Gasteiger partial charge in [0.05, 0.1) is 12.1 Å². The van der Waals surface area contributed by atoms with Gasteiger partial charge in [-0.2, -0.15) is 8.78 Å². The second-order valence-electron chi connectivity index (χ2n) is 4.73. The lowest BCUT2D eigenvalue weighted by atomic mass is 10.1. The Morgan fingerprint density at radius 1 is 1.26 bits per heavy atom. The Morgan fingerprint density at radius 3 is 2.70 bits per heavy atom. The zero-order chi connectivity index (χ0) is 16.6. The van der Waals surface area contributed by atoms with Crippen LogP contribution in [0.25, 0.3) is 0 Å². The summed E-state index contributed by atoms with van der Waals surface area (Å²) in [6, 6.07) is 7.08. The number of nitrogens with zero attached hydrogens (tertiary/aromatic N) is 2. The number of halogens is 2. The average molecular weight is 339 g/mol. The molecule has 23 heavy (non-hydrogen) atoms. The zero-order valence-corrected chi connectivity index (χ0v) is 12.4. The van der Waals surface area contributed by atoms with E-state index < -0.39 is 22.5 Å². The van der Waals surface area contributed by atoms with Gasteiger partial charge in [0.2, 0.25) is 0 Å². The van der Waals surface area contributed by atoms with Crippen molar-refractivity contribution in [3.8, 4) is 5.75 Å². The number of nitrogens with one attached hydrogen (secondary N) is 1. The third kappa shape index (κ3) is 2.63. The Kier molecular flexibility index (Phi) is 3.72. The van der Waals surface area contributed by atoms with E-state index in [-0.39, 0.29) is 22.8 Å². The lowest BCUT2D eigenvalue weighted by molar-refractivity contribution is -0.0501. The molecular formula is C14H11F2N3O3S. The van der Waals surface area contributed by atoms with Gasteiger partial charge in [0.25, 0.3) is 10.0 Å². The number of rotatable bonds is 4. The topological polar surface area (TPSA) is 83.3 Å². The summed E-state index contributed by atoms with van der Waals surface area (Å²) in [5, 5.41) is 8.08. The van der Waals surface area contributed by atoms with E-state index in [1.165, 1.54) is 30.6 Å². The van der Waals surface area contributed by atoms with Crippen LogP contribution < -0.4 is 4.74 Å². The molecule has 9 heteroatoms. The van der Waals surface area contributed by atoms with Crippen LogP contribution in [0.3, 0.4) is 0 Å². The van der Waals surface area contributed by atoms with Crippen molar-refractivity contribution >= 4 is 15.9 Å². The summed E-state index contributed by atoms with van der Waals surface area (Å²) in [5.41, 5.74) is 0.418. The summed E-state index contributed by atoms with van der Waals surface area (Å²) < 4.78 is 55.3. The van der Waals surface area contributed by atoms with Crippen molar-refractivity contribution in [3.05, 3.63) is 53.9 Å². The predicted octanol–water partition coefficient (Wildman–Crippen LogP) is 2.21. The minimum absolute atomic E-state index is 0.113. The number of hydrogen-bond donors (Lipinski definition) is 1. The Labute approximate surface area is 130 Å². The molecule has 1 aromatic carbocycles. The van der Waals surface area contributed by atoms with Gasteiger partial charge in [-0.05, 0) is 23.8 Å². The Bertz CT molecular complexity index is 857. The minimum Gasteiger partial charge on any atom is -0.434 e. The van der Waals surface area contributed by atoms with Crippen LogP contribution in [0.1, 0.15) is 11.1 Å². The van der Waals surface area contributed by atoms with E-state index in [1.807, 2.05) is 0 Å². The van der Waals surface area contributed by atoms with Crippen LogP contribution >= 0.6 is 0 Å². The molecule has 0 spiro atoms. The second kappa shape index (κ2) is 5.58. The first-order valence-corrected chi connectivity index (χ1v) is 7.93. The zero-order valence-electron chi connectivity index (χ0n) is 11.6. The highest BCUT2D eigenvalue weighted by Crippen LogP contribution is 2.37. The highest BCUT2D eigenvalue weighted by molar-refractivity contribution is 7.90. The lowest BCUT2D eigenvalue weighted by Crippen LogP contribution is -2.29. The molecule has 2 aromatic rings. The summed E-state index contributed by atoms with van der Waals surface area (Å²) >= 11 is 0. The highest BCUT2D eigenvalue weighted by atomic mass is 32.2. The van der Waals surface area contributed by atoms with Crippen LogP contribution in [-0.2, 0) is 16.6 Å². The van der Waals surface area contributed by atoms with Gasteiger partial charge >= 0.3 is 6.61 Å². The molecule has 1 aromatic heterocycles. The fraction of sp³-hybridized carbons (Fsp3) is 0.143. The van der Waals surface area contributed by atoms with Gasteiger partial charge in [-0.25, -0.2) is 12.7 Å². The summed E-state index contributed by atoms with van der Waals surface area (Å²) in [6.45, 7) is -3.22. The predicted molar refractivity (Wildman–Crippen MR) is 76.9 cm³/mol. The van der Waals surface area contributed by atoms with E-state index in [2.05, 4.69) is 9.72 Å². The van der Waals surface area contributed by atoms with Crippen molar-refractivity contribution in [3.63, 3.8) is 0 Å². The number of alkyl halides is 2. The second-order valence-corrected chi connectivity index (χ2v) is 6.56. The van der Waals surface area contributed by atoms with Crippen molar-refractivity contribution in [1.82, 2.24) is 9.29 Å². The quantitative estimate of drug-likeness (QED) is 0.926. The van der Waals surface area contributed by atoms with Gasteiger partial charge in [-0.3, -0.25) is 10.4 Å². The minimum atomic E-state index is -4.00. The first-order valence-electron chi connectivity index (χ1n) is 6.49. The van der Waals surface area contributed by atoms with Crippen LogP contribution in [0.4, 0.5) is 8.78 Å². The first-order chi connectivity index (χ1) is 10.9. The van der Waals surface area contributed by atoms with E-state index in [0.29, 0.717) is 5.56 Å². The fourth-order valence-corrected chi connectivity index (χ4v) is 3.93. The van der Waals surface area contributed by atoms with Crippen LogP contribution in [0.5, 0.6) is 5.75 Å². The van der Waals surface area contributed by atoms with E-state index in [4.69, 9.17) is 5.41 Å². The number of hydrogen-bond acceptors (Lipinski definition) is 5. The maximum absolute atomic E-state index is 12.6. The molecule has 1 N–H and O–H groups in total. The molecular weight excluding hydrogens is 328 g/mol. The summed E-state index contributed by atoms with van der Waals surface area (Å²) in [7, 11) is -4.00. The number of ether oxygens (including phenoxy) is 1. The van der Waals surface area contributed by atoms with E-state index in [1.54, 1.807) is 12.1 Å². The molecule has 120 valence electrons. The molecule has 0 aliphatic carbocycles. The molecule has 0 unspecified atom stereocenters.